The van der Waals surface area contributed by atoms with Crippen molar-refractivity contribution in [2.24, 2.45) is 11.7 Å². The third kappa shape index (κ3) is 5.35. The van der Waals surface area contributed by atoms with Crippen molar-refractivity contribution in [1.82, 2.24) is 10.2 Å². The molecule has 2 aliphatic rings. The van der Waals surface area contributed by atoms with Gasteiger partial charge in [-0.3, -0.25) is 9.69 Å². The van der Waals surface area contributed by atoms with Crippen LogP contribution in [-0.2, 0) is 16.8 Å². The highest BCUT2D eigenvalue weighted by atomic mass is 16.3. The second-order valence-electron chi connectivity index (χ2n) is 9.37. The molecular formula is C26H35N3O2. The van der Waals surface area contributed by atoms with Crippen LogP contribution in [0.5, 0.6) is 0 Å². The minimum Gasteiger partial charge on any atom is -0.391 e. The van der Waals surface area contributed by atoms with E-state index in [9.17, 15) is 9.90 Å². The number of nitrogens with two attached hydrogens (primary N) is 1. The van der Waals surface area contributed by atoms with Gasteiger partial charge in [0.05, 0.1) is 6.10 Å². The normalized spacial score (nSPS) is 26.3. The van der Waals surface area contributed by atoms with E-state index < -0.39 is 6.10 Å². The number of nitrogens with one attached hydrogen (secondary N) is 1. The van der Waals surface area contributed by atoms with Gasteiger partial charge in [0.1, 0.15) is 0 Å². The third-order valence-corrected chi connectivity index (χ3v) is 7.29. The number of hydrogen-bond acceptors (Lipinski definition) is 4. The van der Waals surface area contributed by atoms with E-state index >= 15 is 0 Å². The lowest BCUT2D eigenvalue weighted by molar-refractivity contribution is -0.127. The second-order valence-corrected chi connectivity index (χ2v) is 9.37. The maximum atomic E-state index is 12.9. The Bertz CT molecular complexity index is 834. The zero-order valence-electron chi connectivity index (χ0n) is 18.2. The van der Waals surface area contributed by atoms with Gasteiger partial charge in [-0.25, -0.2) is 0 Å². The fourth-order valence-corrected chi connectivity index (χ4v) is 5.15. The molecule has 0 radical (unpaired) electrons. The van der Waals surface area contributed by atoms with Gasteiger partial charge in [-0.05, 0) is 56.3 Å². The number of carbonyl (C=O) groups excluding carboxylic acids is 1. The second kappa shape index (κ2) is 9.94. The van der Waals surface area contributed by atoms with Crippen molar-refractivity contribution in [2.45, 2.75) is 56.2 Å². The van der Waals surface area contributed by atoms with Crippen LogP contribution in [0.3, 0.4) is 0 Å². The molecule has 1 aliphatic heterocycles. The highest BCUT2D eigenvalue weighted by Crippen LogP contribution is 2.36. The van der Waals surface area contributed by atoms with Gasteiger partial charge in [-0.15, -0.1) is 0 Å². The van der Waals surface area contributed by atoms with E-state index in [4.69, 9.17) is 5.73 Å². The molecule has 0 aromatic heterocycles. The molecule has 4 N–H and O–H groups in total. The standard InChI is InChI=1S/C26H35N3O2/c27-23-12-11-21(17-24(23)30)25(31)28-19-26(22-9-5-2-6-10-22)13-15-29(16-14-26)18-20-7-3-1-4-8-20/h1-10,21,23-24,30H,11-19,27H2,(H,28,31)/t21-,23+,24+/m0/s1. The molecule has 4 rings (SSSR count). The number of rotatable bonds is 6. The number of aliphatic hydroxyl groups excluding tert-OH is 1. The zero-order valence-corrected chi connectivity index (χ0v) is 18.2. The smallest absolute Gasteiger partial charge is 0.223 e. The van der Waals surface area contributed by atoms with Gasteiger partial charge in [0, 0.05) is 30.5 Å². The molecule has 1 saturated heterocycles. The van der Waals surface area contributed by atoms with Gasteiger partial charge in [-0.1, -0.05) is 60.7 Å². The lowest BCUT2D eigenvalue weighted by atomic mass is 9.72. The molecule has 166 valence electrons. The Hall–Kier alpha value is -2.21. The molecule has 2 aromatic rings. The Morgan fingerprint density at radius 2 is 1.68 bits per heavy atom. The monoisotopic (exact) mass is 421 g/mol. The topological polar surface area (TPSA) is 78.6 Å². The van der Waals surface area contributed by atoms with Crippen molar-refractivity contribution in [3.63, 3.8) is 0 Å². The number of amides is 1. The van der Waals surface area contributed by atoms with Crippen LogP contribution in [0.1, 0.15) is 43.2 Å². The number of likely N-dealkylation sites (tertiary alicyclic amines) is 1. The summed E-state index contributed by atoms with van der Waals surface area (Å²) in [7, 11) is 0. The first-order valence-corrected chi connectivity index (χ1v) is 11.6. The summed E-state index contributed by atoms with van der Waals surface area (Å²) in [5.41, 5.74) is 8.51. The van der Waals surface area contributed by atoms with E-state index in [0.29, 0.717) is 19.4 Å². The van der Waals surface area contributed by atoms with E-state index in [2.05, 4.69) is 64.8 Å². The minimum atomic E-state index is -0.575. The predicted molar refractivity (Wildman–Crippen MR) is 123 cm³/mol. The van der Waals surface area contributed by atoms with E-state index in [1.807, 2.05) is 6.07 Å². The molecule has 5 nitrogen and oxygen atoms in total. The van der Waals surface area contributed by atoms with Gasteiger partial charge in [0.2, 0.25) is 5.91 Å². The van der Waals surface area contributed by atoms with Crippen LogP contribution in [-0.4, -0.2) is 47.7 Å². The summed E-state index contributed by atoms with van der Waals surface area (Å²) >= 11 is 0. The molecule has 2 fully saturated rings. The number of hydrogen-bond donors (Lipinski definition) is 3. The van der Waals surface area contributed by atoms with E-state index in [0.717, 1.165) is 38.9 Å². The van der Waals surface area contributed by atoms with Gasteiger partial charge in [0.15, 0.2) is 0 Å². The Morgan fingerprint density at radius 1 is 1.03 bits per heavy atom. The molecular weight excluding hydrogens is 386 g/mol. The van der Waals surface area contributed by atoms with Crippen molar-refractivity contribution < 1.29 is 9.90 Å². The van der Waals surface area contributed by atoms with Crippen LogP contribution in [0, 0.1) is 5.92 Å². The van der Waals surface area contributed by atoms with Crippen molar-refractivity contribution in [3.8, 4) is 0 Å². The van der Waals surface area contributed by atoms with Crippen LogP contribution in [0.4, 0.5) is 0 Å². The Labute approximate surface area is 185 Å². The Kier molecular flexibility index (Phi) is 7.06. The maximum Gasteiger partial charge on any atom is 0.223 e. The molecule has 1 amide bonds. The Morgan fingerprint density at radius 3 is 2.32 bits per heavy atom. The van der Waals surface area contributed by atoms with Gasteiger partial charge < -0.3 is 16.2 Å². The van der Waals surface area contributed by atoms with Crippen LogP contribution >= 0.6 is 0 Å². The molecule has 5 heteroatoms. The molecule has 0 spiro atoms. The van der Waals surface area contributed by atoms with Gasteiger partial charge in [-0.2, -0.15) is 0 Å². The van der Waals surface area contributed by atoms with Crippen molar-refractivity contribution in [2.75, 3.05) is 19.6 Å². The van der Waals surface area contributed by atoms with Crippen molar-refractivity contribution in [1.29, 1.82) is 0 Å². The van der Waals surface area contributed by atoms with E-state index in [-0.39, 0.29) is 23.3 Å². The quantitative estimate of drug-likeness (QED) is 0.670. The van der Waals surface area contributed by atoms with Crippen LogP contribution < -0.4 is 11.1 Å². The molecule has 3 atom stereocenters. The number of benzene rings is 2. The first-order chi connectivity index (χ1) is 15.1. The summed E-state index contributed by atoms with van der Waals surface area (Å²) in [6.45, 7) is 3.64. The SMILES string of the molecule is N[C@@H]1CC[C@H](C(=O)NCC2(c3ccccc3)CCN(Cc3ccccc3)CC2)C[C@H]1O. The number of carbonyl (C=O) groups is 1. The molecule has 0 bridgehead atoms. The molecule has 0 unspecified atom stereocenters. The summed E-state index contributed by atoms with van der Waals surface area (Å²) in [6, 6.07) is 21.0. The van der Waals surface area contributed by atoms with Gasteiger partial charge >= 0.3 is 0 Å². The van der Waals surface area contributed by atoms with Crippen LogP contribution in [0.2, 0.25) is 0 Å². The molecule has 31 heavy (non-hydrogen) atoms. The third-order valence-electron chi connectivity index (χ3n) is 7.29. The fraction of sp³-hybridized carbons (Fsp3) is 0.500. The summed E-state index contributed by atoms with van der Waals surface area (Å²) in [6.07, 6.45) is 3.39. The average molecular weight is 422 g/mol. The highest BCUT2D eigenvalue weighted by molar-refractivity contribution is 5.79. The first-order valence-electron chi connectivity index (χ1n) is 11.6. The van der Waals surface area contributed by atoms with E-state index in [1.165, 1.54) is 11.1 Å². The number of nitrogens with zero attached hydrogens (tertiary/aromatic N) is 1. The lowest BCUT2D eigenvalue weighted by Crippen LogP contribution is -2.50. The largest absolute Gasteiger partial charge is 0.391 e. The van der Waals surface area contributed by atoms with Crippen molar-refractivity contribution >= 4 is 5.91 Å². The fourth-order valence-electron chi connectivity index (χ4n) is 5.15. The predicted octanol–water partition coefficient (Wildman–Crippen LogP) is 2.82. The number of aliphatic hydroxyl groups is 1. The molecule has 1 heterocycles. The number of piperidine rings is 1. The summed E-state index contributed by atoms with van der Waals surface area (Å²) in [5, 5.41) is 13.3. The average Bonchev–Trinajstić information content (AvgIpc) is 2.81. The minimum absolute atomic E-state index is 0.0478. The Balaban J connectivity index is 1.40. The zero-order chi connectivity index (χ0) is 21.7. The molecule has 1 saturated carbocycles. The molecule has 1 aliphatic carbocycles. The lowest BCUT2D eigenvalue weighted by Gasteiger charge is -2.43. The summed E-state index contributed by atoms with van der Waals surface area (Å²) in [5.74, 6) is -0.0752. The molecule has 2 aromatic carbocycles. The highest BCUT2D eigenvalue weighted by Gasteiger charge is 2.38. The first kappa shape index (κ1) is 22.0. The van der Waals surface area contributed by atoms with E-state index in [1.54, 1.807) is 0 Å². The van der Waals surface area contributed by atoms with Crippen molar-refractivity contribution in [3.05, 3.63) is 71.8 Å². The van der Waals surface area contributed by atoms with Crippen LogP contribution in [0.25, 0.3) is 0 Å². The summed E-state index contributed by atoms with van der Waals surface area (Å²) < 4.78 is 0. The maximum absolute atomic E-state index is 12.9. The van der Waals surface area contributed by atoms with Crippen LogP contribution in [0.15, 0.2) is 60.7 Å². The van der Waals surface area contributed by atoms with Gasteiger partial charge in [0.25, 0.3) is 0 Å². The summed E-state index contributed by atoms with van der Waals surface area (Å²) in [4.78, 5) is 15.4.